The number of phenols is 1. The number of hydrogen-bond donors (Lipinski definition) is 3. The molecule has 0 saturated carbocycles. The van der Waals surface area contributed by atoms with E-state index in [1.807, 2.05) is 32.0 Å². The molecule has 0 fully saturated rings. The molecule has 168 valence electrons. The van der Waals surface area contributed by atoms with Crippen LogP contribution in [-0.2, 0) is 14.8 Å². The summed E-state index contributed by atoms with van der Waals surface area (Å²) in [6.45, 7) is 3.47. The normalized spacial score (nSPS) is 11.0. The van der Waals surface area contributed by atoms with Crippen molar-refractivity contribution in [2.75, 3.05) is 23.8 Å². The van der Waals surface area contributed by atoms with Crippen LogP contribution in [0.2, 0.25) is 0 Å². The van der Waals surface area contributed by atoms with E-state index in [2.05, 4.69) is 10.0 Å². The molecule has 0 heterocycles. The summed E-state index contributed by atoms with van der Waals surface area (Å²) in [6.07, 6.45) is 0. The number of aromatic hydroxyl groups is 1. The highest BCUT2D eigenvalue weighted by atomic mass is 32.2. The third-order valence-corrected chi connectivity index (χ3v) is 5.97. The van der Waals surface area contributed by atoms with Gasteiger partial charge in [-0.2, -0.15) is 0 Å². The minimum atomic E-state index is -4.01. The number of carbonyl (C=O) groups excluding carboxylic acids is 1. The molecule has 3 aromatic rings. The van der Waals surface area contributed by atoms with Gasteiger partial charge in [-0.1, -0.05) is 24.3 Å². The summed E-state index contributed by atoms with van der Waals surface area (Å²) in [5.74, 6) is 0.100. The van der Waals surface area contributed by atoms with E-state index in [0.29, 0.717) is 11.5 Å². The fourth-order valence-corrected chi connectivity index (χ4v) is 4.00. The Morgan fingerprint density at radius 2 is 1.72 bits per heavy atom. The minimum absolute atomic E-state index is 0.0533. The largest absolute Gasteiger partial charge is 0.506 e. The lowest BCUT2D eigenvalue weighted by molar-refractivity contribution is -0.118. The fourth-order valence-electron chi connectivity index (χ4n) is 2.91. The molecule has 0 saturated heterocycles. The number of carbonyl (C=O) groups is 1. The van der Waals surface area contributed by atoms with Crippen LogP contribution in [0, 0.1) is 13.8 Å². The minimum Gasteiger partial charge on any atom is -0.506 e. The number of sulfonamides is 1. The molecule has 0 bridgehead atoms. The van der Waals surface area contributed by atoms with Gasteiger partial charge in [0.15, 0.2) is 6.61 Å². The second-order valence-corrected chi connectivity index (χ2v) is 8.77. The summed E-state index contributed by atoms with van der Waals surface area (Å²) >= 11 is 0. The van der Waals surface area contributed by atoms with Crippen LogP contribution >= 0.6 is 0 Å². The van der Waals surface area contributed by atoms with E-state index in [9.17, 15) is 18.3 Å². The van der Waals surface area contributed by atoms with Gasteiger partial charge < -0.3 is 19.9 Å². The van der Waals surface area contributed by atoms with Gasteiger partial charge >= 0.3 is 0 Å². The van der Waals surface area contributed by atoms with Crippen molar-refractivity contribution in [3.8, 4) is 17.2 Å². The molecule has 0 unspecified atom stereocenters. The first-order valence-electron chi connectivity index (χ1n) is 9.68. The highest BCUT2D eigenvalue weighted by molar-refractivity contribution is 7.92. The van der Waals surface area contributed by atoms with Gasteiger partial charge in [-0.25, -0.2) is 8.42 Å². The molecule has 1 amide bonds. The van der Waals surface area contributed by atoms with E-state index in [-0.39, 0.29) is 28.6 Å². The fraction of sp³-hybridized carbons (Fsp3) is 0.174. The zero-order valence-corrected chi connectivity index (χ0v) is 18.7. The first kappa shape index (κ1) is 23.0. The monoisotopic (exact) mass is 456 g/mol. The molecule has 0 aliphatic heterocycles. The van der Waals surface area contributed by atoms with Gasteiger partial charge in [-0.05, 0) is 61.4 Å². The first-order chi connectivity index (χ1) is 15.2. The van der Waals surface area contributed by atoms with E-state index in [1.165, 1.54) is 25.3 Å². The maximum Gasteiger partial charge on any atom is 0.262 e. The lowest BCUT2D eigenvalue weighted by Gasteiger charge is -2.14. The number of phenolic OH excluding ortho intramolecular Hbond substituents is 1. The van der Waals surface area contributed by atoms with Crippen molar-refractivity contribution >= 4 is 27.3 Å². The van der Waals surface area contributed by atoms with Crippen molar-refractivity contribution in [2.24, 2.45) is 0 Å². The van der Waals surface area contributed by atoms with E-state index in [0.717, 1.165) is 11.1 Å². The van der Waals surface area contributed by atoms with Crippen LogP contribution in [0.15, 0.2) is 65.6 Å². The Hall–Kier alpha value is -3.72. The third kappa shape index (κ3) is 5.50. The molecular formula is C23H24N2O6S. The van der Waals surface area contributed by atoms with Crippen LogP contribution in [0.1, 0.15) is 11.1 Å². The molecule has 3 aromatic carbocycles. The van der Waals surface area contributed by atoms with Crippen LogP contribution in [-0.4, -0.2) is 33.1 Å². The van der Waals surface area contributed by atoms with Gasteiger partial charge in [0.25, 0.3) is 15.9 Å². The van der Waals surface area contributed by atoms with Crippen LogP contribution < -0.4 is 19.5 Å². The molecular weight excluding hydrogens is 432 g/mol. The number of para-hydroxylation sites is 2. The van der Waals surface area contributed by atoms with Crippen molar-refractivity contribution in [3.05, 3.63) is 71.8 Å². The van der Waals surface area contributed by atoms with Gasteiger partial charge in [-0.3, -0.25) is 9.52 Å². The molecule has 32 heavy (non-hydrogen) atoms. The van der Waals surface area contributed by atoms with Gasteiger partial charge in [0, 0.05) is 0 Å². The molecule has 3 rings (SSSR count). The number of methoxy groups -OCH3 is 1. The molecule has 0 radical (unpaired) electrons. The van der Waals surface area contributed by atoms with Crippen LogP contribution in [0.4, 0.5) is 11.4 Å². The summed E-state index contributed by atoms with van der Waals surface area (Å²) in [6, 6.07) is 15.8. The number of anilines is 2. The second kappa shape index (κ2) is 9.61. The van der Waals surface area contributed by atoms with Gasteiger partial charge in [0.1, 0.15) is 17.2 Å². The van der Waals surface area contributed by atoms with Gasteiger partial charge in [0.05, 0.1) is 23.4 Å². The standard InChI is InChI=1S/C23H24N2O6S/c1-15-8-9-16(2)22(12-15)31-14-23(27)24-19-13-17(10-11-20(19)26)32(28,29)25-18-6-4-5-7-21(18)30-3/h4-13,25-26H,14H2,1-3H3,(H,24,27). The molecule has 8 nitrogen and oxygen atoms in total. The summed E-state index contributed by atoms with van der Waals surface area (Å²) in [5.41, 5.74) is 2.07. The Labute approximate surface area is 186 Å². The average molecular weight is 457 g/mol. The third-order valence-electron chi connectivity index (χ3n) is 4.61. The molecule has 3 N–H and O–H groups in total. The summed E-state index contributed by atoms with van der Waals surface area (Å²) in [5, 5.41) is 12.6. The van der Waals surface area contributed by atoms with Gasteiger partial charge in [0.2, 0.25) is 0 Å². The van der Waals surface area contributed by atoms with E-state index < -0.39 is 15.9 Å². The quantitative estimate of drug-likeness (QED) is 0.444. The zero-order chi connectivity index (χ0) is 23.3. The average Bonchev–Trinajstić information content (AvgIpc) is 2.76. The Morgan fingerprint density at radius 1 is 0.969 bits per heavy atom. The van der Waals surface area contributed by atoms with Crippen LogP contribution in [0.25, 0.3) is 0 Å². The molecule has 9 heteroatoms. The number of rotatable bonds is 8. The SMILES string of the molecule is COc1ccccc1NS(=O)(=O)c1ccc(O)c(NC(=O)COc2cc(C)ccc2C)c1. The molecule has 0 spiro atoms. The van der Waals surface area contributed by atoms with Crippen molar-refractivity contribution in [1.29, 1.82) is 0 Å². The van der Waals surface area contributed by atoms with E-state index in [4.69, 9.17) is 9.47 Å². The topological polar surface area (TPSA) is 114 Å². The predicted molar refractivity (Wildman–Crippen MR) is 122 cm³/mol. The highest BCUT2D eigenvalue weighted by Gasteiger charge is 2.19. The summed E-state index contributed by atoms with van der Waals surface area (Å²) < 4.78 is 38.8. The number of benzene rings is 3. The zero-order valence-electron chi connectivity index (χ0n) is 17.9. The number of amides is 1. The molecule has 0 aliphatic rings. The lowest BCUT2D eigenvalue weighted by Crippen LogP contribution is -2.21. The Balaban J connectivity index is 1.74. The number of hydrogen-bond acceptors (Lipinski definition) is 6. The van der Waals surface area contributed by atoms with Crippen molar-refractivity contribution in [2.45, 2.75) is 18.7 Å². The van der Waals surface area contributed by atoms with Crippen molar-refractivity contribution < 1.29 is 27.8 Å². The molecule has 0 aromatic heterocycles. The van der Waals surface area contributed by atoms with E-state index >= 15 is 0 Å². The van der Waals surface area contributed by atoms with Crippen LogP contribution in [0.5, 0.6) is 17.2 Å². The van der Waals surface area contributed by atoms with Gasteiger partial charge in [-0.15, -0.1) is 0 Å². The maximum atomic E-state index is 12.8. The van der Waals surface area contributed by atoms with Crippen molar-refractivity contribution in [1.82, 2.24) is 0 Å². The maximum absolute atomic E-state index is 12.8. The smallest absolute Gasteiger partial charge is 0.262 e. The summed E-state index contributed by atoms with van der Waals surface area (Å²) in [4.78, 5) is 12.2. The lowest BCUT2D eigenvalue weighted by atomic mass is 10.1. The Kier molecular flexibility index (Phi) is 6.89. The second-order valence-electron chi connectivity index (χ2n) is 7.09. The summed E-state index contributed by atoms with van der Waals surface area (Å²) in [7, 11) is -2.58. The number of aryl methyl sites for hydroxylation is 2. The van der Waals surface area contributed by atoms with Crippen molar-refractivity contribution in [3.63, 3.8) is 0 Å². The molecule has 0 atom stereocenters. The predicted octanol–water partition coefficient (Wildman–Crippen LogP) is 3.84. The van der Waals surface area contributed by atoms with E-state index in [1.54, 1.807) is 24.3 Å². The first-order valence-corrected chi connectivity index (χ1v) is 11.2. The van der Waals surface area contributed by atoms with Crippen LogP contribution in [0.3, 0.4) is 0 Å². The highest BCUT2D eigenvalue weighted by Crippen LogP contribution is 2.30. The Morgan fingerprint density at radius 3 is 2.47 bits per heavy atom. The molecule has 0 aliphatic carbocycles. The Bertz CT molecular complexity index is 1240. The number of ether oxygens (including phenoxy) is 2. The number of nitrogens with one attached hydrogen (secondary N) is 2.